The molecule has 1 aromatic heterocycles. The Bertz CT molecular complexity index is 342. The van der Waals surface area contributed by atoms with Gasteiger partial charge in [-0.1, -0.05) is 0 Å². The lowest BCUT2D eigenvalue weighted by molar-refractivity contribution is -0.108. The van der Waals surface area contributed by atoms with Crippen LogP contribution in [0.2, 0.25) is 0 Å². The maximum Gasteiger partial charge on any atom is 0.225 e. The molecule has 0 N–H and O–H groups in total. The molecule has 0 unspecified atom stereocenters. The predicted molar refractivity (Wildman–Crippen MR) is 62.4 cm³/mol. The summed E-state index contributed by atoms with van der Waals surface area (Å²) in [5.74, 6) is 1.37. The van der Waals surface area contributed by atoms with Crippen LogP contribution in [0, 0.1) is 12.8 Å². The van der Waals surface area contributed by atoms with Crippen LogP contribution in [0.1, 0.15) is 24.8 Å². The monoisotopic (exact) mass is 219 g/mol. The number of carbonyl (C=O) groups is 1. The van der Waals surface area contributed by atoms with Crippen molar-refractivity contribution in [1.82, 2.24) is 9.97 Å². The number of piperidine rings is 1. The number of hydrogen-bond acceptors (Lipinski definition) is 4. The average Bonchev–Trinajstić information content (AvgIpc) is 2.32. The maximum atomic E-state index is 10.4. The van der Waals surface area contributed by atoms with Crippen molar-refractivity contribution in [3.63, 3.8) is 0 Å². The number of anilines is 1. The highest BCUT2D eigenvalue weighted by atomic mass is 16.1. The van der Waals surface area contributed by atoms with Crippen molar-refractivity contribution in [2.24, 2.45) is 5.92 Å². The average molecular weight is 219 g/mol. The molecule has 0 spiro atoms. The van der Waals surface area contributed by atoms with Gasteiger partial charge in [0, 0.05) is 31.9 Å². The summed E-state index contributed by atoms with van der Waals surface area (Å²) in [5.41, 5.74) is 1.08. The Hall–Kier alpha value is -1.45. The summed E-state index contributed by atoms with van der Waals surface area (Å²) in [6, 6.07) is 0. The fourth-order valence-electron chi connectivity index (χ4n) is 2.05. The second-order valence-corrected chi connectivity index (χ2v) is 4.39. The lowest BCUT2D eigenvalue weighted by atomic mass is 9.94. The number of hydrogen-bond donors (Lipinski definition) is 0. The SMILES string of the molecule is Cc1cnc(N2CCC(CC=O)CC2)nc1. The van der Waals surface area contributed by atoms with Crippen LogP contribution in [0.4, 0.5) is 5.95 Å². The van der Waals surface area contributed by atoms with Crippen LogP contribution < -0.4 is 4.90 Å². The molecule has 2 heterocycles. The number of carbonyl (C=O) groups excluding carboxylic acids is 1. The first-order valence-corrected chi connectivity index (χ1v) is 5.77. The van der Waals surface area contributed by atoms with Crippen molar-refractivity contribution in [3.8, 4) is 0 Å². The van der Waals surface area contributed by atoms with Crippen molar-refractivity contribution in [2.75, 3.05) is 18.0 Å². The van der Waals surface area contributed by atoms with E-state index in [4.69, 9.17) is 0 Å². The Morgan fingerprint density at radius 3 is 2.56 bits per heavy atom. The van der Waals surface area contributed by atoms with E-state index in [1.54, 1.807) is 0 Å². The Labute approximate surface area is 95.7 Å². The fraction of sp³-hybridized carbons (Fsp3) is 0.583. The molecular weight excluding hydrogens is 202 g/mol. The number of aromatic nitrogens is 2. The highest BCUT2D eigenvalue weighted by Gasteiger charge is 2.20. The van der Waals surface area contributed by atoms with Gasteiger partial charge < -0.3 is 9.69 Å². The third-order valence-corrected chi connectivity index (χ3v) is 3.09. The maximum absolute atomic E-state index is 10.4. The topological polar surface area (TPSA) is 46.1 Å². The minimum Gasteiger partial charge on any atom is -0.341 e. The van der Waals surface area contributed by atoms with E-state index >= 15 is 0 Å². The minimum atomic E-state index is 0.555. The zero-order valence-electron chi connectivity index (χ0n) is 9.59. The van der Waals surface area contributed by atoms with Gasteiger partial charge in [0.05, 0.1) is 0 Å². The molecule has 1 saturated heterocycles. The molecule has 0 bridgehead atoms. The molecule has 1 aliphatic heterocycles. The lowest BCUT2D eigenvalue weighted by Crippen LogP contribution is -2.34. The van der Waals surface area contributed by atoms with Gasteiger partial charge in [0.15, 0.2) is 0 Å². The van der Waals surface area contributed by atoms with Crippen LogP contribution in [-0.2, 0) is 4.79 Å². The molecule has 0 aliphatic carbocycles. The molecular formula is C12H17N3O. The molecule has 0 saturated carbocycles. The normalized spacial score (nSPS) is 17.4. The molecule has 2 rings (SSSR count). The molecule has 0 amide bonds. The summed E-state index contributed by atoms with van der Waals surface area (Å²) in [4.78, 5) is 21.3. The second-order valence-electron chi connectivity index (χ2n) is 4.39. The van der Waals surface area contributed by atoms with Gasteiger partial charge in [0.25, 0.3) is 0 Å². The molecule has 0 radical (unpaired) electrons. The van der Waals surface area contributed by atoms with Crippen molar-refractivity contribution in [2.45, 2.75) is 26.2 Å². The van der Waals surface area contributed by atoms with E-state index in [0.29, 0.717) is 12.3 Å². The van der Waals surface area contributed by atoms with Crippen LogP contribution in [-0.4, -0.2) is 29.3 Å². The Balaban J connectivity index is 1.93. The van der Waals surface area contributed by atoms with Gasteiger partial charge in [0.2, 0.25) is 5.95 Å². The van der Waals surface area contributed by atoms with Crippen molar-refractivity contribution in [1.29, 1.82) is 0 Å². The van der Waals surface area contributed by atoms with Crippen molar-refractivity contribution < 1.29 is 4.79 Å². The van der Waals surface area contributed by atoms with Crippen LogP contribution >= 0.6 is 0 Å². The third-order valence-electron chi connectivity index (χ3n) is 3.09. The van der Waals surface area contributed by atoms with Crippen LogP contribution in [0.3, 0.4) is 0 Å². The van der Waals surface area contributed by atoms with Crippen LogP contribution in [0.5, 0.6) is 0 Å². The summed E-state index contributed by atoms with van der Waals surface area (Å²) in [5, 5.41) is 0. The molecule has 1 aliphatic rings. The smallest absolute Gasteiger partial charge is 0.225 e. The zero-order chi connectivity index (χ0) is 11.4. The minimum absolute atomic E-state index is 0.555. The molecule has 0 aromatic carbocycles. The van der Waals surface area contributed by atoms with Gasteiger partial charge in [-0.25, -0.2) is 9.97 Å². The van der Waals surface area contributed by atoms with Gasteiger partial charge in [-0.3, -0.25) is 0 Å². The van der Waals surface area contributed by atoms with Gasteiger partial charge in [-0.2, -0.15) is 0 Å². The zero-order valence-corrected chi connectivity index (χ0v) is 9.59. The first kappa shape index (κ1) is 11.0. The highest BCUT2D eigenvalue weighted by molar-refractivity contribution is 5.49. The number of nitrogens with zero attached hydrogens (tertiary/aromatic N) is 3. The Morgan fingerprint density at radius 1 is 1.38 bits per heavy atom. The molecule has 16 heavy (non-hydrogen) atoms. The molecule has 0 atom stereocenters. The fourth-order valence-corrected chi connectivity index (χ4v) is 2.05. The molecule has 86 valence electrons. The van der Waals surface area contributed by atoms with E-state index in [2.05, 4.69) is 14.9 Å². The third kappa shape index (κ3) is 2.56. The Morgan fingerprint density at radius 2 is 2.00 bits per heavy atom. The number of aryl methyl sites for hydroxylation is 1. The summed E-state index contributed by atoms with van der Waals surface area (Å²) in [6.07, 6.45) is 7.55. The van der Waals surface area contributed by atoms with Gasteiger partial charge >= 0.3 is 0 Å². The lowest BCUT2D eigenvalue weighted by Gasteiger charge is -2.31. The van der Waals surface area contributed by atoms with E-state index in [0.717, 1.165) is 43.7 Å². The largest absolute Gasteiger partial charge is 0.341 e. The second kappa shape index (κ2) is 5.05. The van der Waals surface area contributed by atoms with Gasteiger partial charge in [-0.15, -0.1) is 0 Å². The Kier molecular flexibility index (Phi) is 3.49. The molecule has 4 nitrogen and oxygen atoms in total. The standard InChI is InChI=1S/C12H17N3O/c1-10-8-13-12(14-9-10)15-5-2-11(3-6-15)4-7-16/h7-9,11H,2-6H2,1H3. The molecule has 1 aromatic rings. The van der Waals surface area contributed by atoms with E-state index in [9.17, 15) is 4.79 Å². The summed E-state index contributed by atoms with van der Waals surface area (Å²) in [6.45, 7) is 3.91. The van der Waals surface area contributed by atoms with Crippen molar-refractivity contribution in [3.05, 3.63) is 18.0 Å². The van der Waals surface area contributed by atoms with E-state index in [1.807, 2.05) is 19.3 Å². The van der Waals surface area contributed by atoms with E-state index in [1.165, 1.54) is 0 Å². The van der Waals surface area contributed by atoms with E-state index in [-0.39, 0.29) is 0 Å². The summed E-state index contributed by atoms with van der Waals surface area (Å²) < 4.78 is 0. The predicted octanol–water partition coefficient (Wildman–Crippen LogP) is 1.59. The summed E-state index contributed by atoms with van der Waals surface area (Å²) in [7, 11) is 0. The van der Waals surface area contributed by atoms with E-state index < -0.39 is 0 Å². The highest BCUT2D eigenvalue weighted by Crippen LogP contribution is 2.21. The molecule has 4 heteroatoms. The quantitative estimate of drug-likeness (QED) is 0.724. The summed E-state index contributed by atoms with van der Waals surface area (Å²) >= 11 is 0. The number of rotatable bonds is 3. The van der Waals surface area contributed by atoms with Crippen LogP contribution in [0.15, 0.2) is 12.4 Å². The van der Waals surface area contributed by atoms with Gasteiger partial charge in [0.1, 0.15) is 6.29 Å². The van der Waals surface area contributed by atoms with Gasteiger partial charge in [-0.05, 0) is 31.2 Å². The number of aldehydes is 1. The van der Waals surface area contributed by atoms with Crippen LogP contribution in [0.25, 0.3) is 0 Å². The first-order chi connectivity index (χ1) is 7.79. The first-order valence-electron chi connectivity index (χ1n) is 5.77. The molecule has 1 fully saturated rings. The van der Waals surface area contributed by atoms with Crippen molar-refractivity contribution >= 4 is 12.2 Å².